The molecule has 3 heteroatoms. The zero-order chi connectivity index (χ0) is 14.5. The Morgan fingerprint density at radius 3 is 2.00 bits per heavy atom. The number of aliphatic hydroxyl groups excluding tert-OH is 1. The van der Waals surface area contributed by atoms with Gasteiger partial charge in [-0.25, -0.2) is 0 Å². The summed E-state index contributed by atoms with van der Waals surface area (Å²) in [6.45, 7) is 1.60. The molecule has 2 aromatic carbocycles. The zero-order valence-electron chi connectivity index (χ0n) is 11.8. The molecule has 2 aromatic rings. The van der Waals surface area contributed by atoms with Crippen molar-refractivity contribution in [1.82, 2.24) is 5.32 Å². The van der Waals surface area contributed by atoms with E-state index in [0.29, 0.717) is 6.42 Å². The van der Waals surface area contributed by atoms with Crippen LogP contribution in [-0.2, 0) is 11.2 Å². The first-order valence-electron chi connectivity index (χ1n) is 6.64. The Morgan fingerprint density at radius 1 is 1.05 bits per heavy atom. The van der Waals surface area contributed by atoms with Gasteiger partial charge in [0.2, 0.25) is 0 Å². The second-order valence-corrected chi connectivity index (χ2v) is 4.89. The average molecular weight is 269 g/mol. The molecule has 2 N–H and O–H groups in total. The van der Waals surface area contributed by atoms with E-state index in [1.54, 1.807) is 14.0 Å². The van der Waals surface area contributed by atoms with E-state index in [1.165, 1.54) is 0 Å². The maximum absolute atomic E-state index is 11.1. The van der Waals surface area contributed by atoms with Crippen LogP contribution in [0.2, 0.25) is 0 Å². The third kappa shape index (κ3) is 3.53. The van der Waals surface area contributed by atoms with E-state index in [9.17, 15) is 9.90 Å². The number of ketones is 1. The molecular formula is C17H19NO2. The summed E-state index contributed by atoms with van der Waals surface area (Å²) in [5.74, 6) is 0.170. The summed E-state index contributed by atoms with van der Waals surface area (Å²) < 4.78 is 0. The first-order chi connectivity index (χ1) is 9.60. The monoisotopic (exact) mass is 269 g/mol. The molecule has 104 valence electrons. The van der Waals surface area contributed by atoms with E-state index < -0.39 is 6.23 Å². The quantitative estimate of drug-likeness (QED) is 0.820. The summed E-state index contributed by atoms with van der Waals surface area (Å²) in [7, 11) is 1.71. The lowest BCUT2D eigenvalue weighted by molar-refractivity contribution is -0.116. The van der Waals surface area contributed by atoms with Crippen LogP contribution in [0.5, 0.6) is 0 Å². The van der Waals surface area contributed by atoms with Crippen LogP contribution in [0.15, 0.2) is 48.5 Å². The molecule has 0 aliphatic carbocycles. The second kappa shape index (κ2) is 6.46. The molecule has 0 aliphatic heterocycles. The molecule has 2 rings (SSSR count). The van der Waals surface area contributed by atoms with Gasteiger partial charge < -0.3 is 5.11 Å². The average Bonchev–Trinajstić information content (AvgIpc) is 2.47. The van der Waals surface area contributed by atoms with E-state index in [1.807, 2.05) is 48.5 Å². The van der Waals surface area contributed by atoms with Crippen LogP contribution in [0.1, 0.15) is 24.3 Å². The van der Waals surface area contributed by atoms with Crippen LogP contribution in [0.4, 0.5) is 0 Å². The first kappa shape index (κ1) is 14.4. The lowest BCUT2D eigenvalue weighted by Crippen LogP contribution is -2.14. The number of benzene rings is 2. The lowest BCUT2D eigenvalue weighted by Gasteiger charge is -2.10. The molecule has 0 heterocycles. The van der Waals surface area contributed by atoms with Gasteiger partial charge in [-0.1, -0.05) is 48.5 Å². The van der Waals surface area contributed by atoms with Crippen LogP contribution in [0, 0.1) is 0 Å². The van der Waals surface area contributed by atoms with Gasteiger partial charge in [-0.05, 0) is 36.2 Å². The van der Waals surface area contributed by atoms with Crippen molar-refractivity contribution in [2.75, 3.05) is 7.05 Å². The predicted molar refractivity (Wildman–Crippen MR) is 80.3 cm³/mol. The van der Waals surface area contributed by atoms with Gasteiger partial charge in [0.25, 0.3) is 0 Å². The topological polar surface area (TPSA) is 49.3 Å². The van der Waals surface area contributed by atoms with Crippen molar-refractivity contribution < 1.29 is 9.90 Å². The smallest absolute Gasteiger partial charge is 0.134 e. The summed E-state index contributed by atoms with van der Waals surface area (Å²) in [6, 6.07) is 15.8. The molecule has 3 nitrogen and oxygen atoms in total. The van der Waals surface area contributed by atoms with Crippen molar-refractivity contribution in [1.29, 1.82) is 0 Å². The highest BCUT2D eigenvalue weighted by molar-refractivity contribution is 5.78. The minimum absolute atomic E-state index is 0.170. The van der Waals surface area contributed by atoms with Gasteiger partial charge in [0.05, 0.1) is 0 Å². The molecule has 0 saturated heterocycles. The second-order valence-electron chi connectivity index (χ2n) is 4.89. The van der Waals surface area contributed by atoms with Crippen molar-refractivity contribution in [3.8, 4) is 11.1 Å². The van der Waals surface area contributed by atoms with E-state index >= 15 is 0 Å². The number of Topliss-reactive ketones (excluding diaryl/α,β-unsaturated/α-hetero) is 1. The fourth-order valence-corrected chi connectivity index (χ4v) is 2.13. The van der Waals surface area contributed by atoms with Crippen LogP contribution in [-0.4, -0.2) is 17.9 Å². The van der Waals surface area contributed by atoms with Crippen molar-refractivity contribution in [3.63, 3.8) is 0 Å². The number of rotatable bonds is 5. The molecule has 1 atom stereocenters. The van der Waals surface area contributed by atoms with Gasteiger partial charge >= 0.3 is 0 Å². The minimum atomic E-state index is -0.637. The van der Waals surface area contributed by atoms with Gasteiger partial charge in [-0.3, -0.25) is 10.1 Å². The largest absolute Gasteiger partial charge is 0.374 e. The summed E-state index contributed by atoms with van der Waals surface area (Å²) in [6.07, 6.45) is -0.157. The molecule has 0 spiro atoms. The van der Waals surface area contributed by atoms with E-state index in [0.717, 1.165) is 22.3 Å². The molecule has 0 saturated carbocycles. The SMILES string of the molecule is CNC(O)c1ccc(-c2ccc(CC(C)=O)cc2)cc1. The third-order valence-corrected chi connectivity index (χ3v) is 3.24. The number of aliphatic hydroxyl groups is 1. The number of carbonyl (C=O) groups is 1. The molecular weight excluding hydrogens is 250 g/mol. The normalized spacial score (nSPS) is 12.2. The molecule has 0 bridgehead atoms. The number of hydrogen-bond donors (Lipinski definition) is 2. The zero-order valence-corrected chi connectivity index (χ0v) is 11.8. The fraction of sp³-hybridized carbons (Fsp3) is 0.235. The number of hydrogen-bond acceptors (Lipinski definition) is 3. The third-order valence-electron chi connectivity index (χ3n) is 3.24. The van der Waals surface area contributed by atoms with Gasteiger partial charge in [0, 0.05) is 6.42 Å². The standard InChI is InChI=1S/C17H19NO2/c1-12(19)11-13-3-5-14(6-4-13)15-7-9-16(10-8-15)17(20)18-2/h3-10,17-18,20H,11H2,1-2H3. The summed E-state index contributed by atoms with van der Waals surface area (Å²) in [5, 5.41) is 12.5. The highest BCUT2D eigenvalue weighted by Gasteiger charge is 2.05. The Balaban J connectivity index is 2.17. The Kier molecular flexibility index (Phi) is 4.66. The molecule has 1 unspecified atom stereocenters. The summed E-state index contributed by atoms with van der Waals surface area (Å²) in [5.41, 5.74) is 4.06. The van der Waals surface area contributed by atoms with E-state index in [2.05, 4.69) is 5.32 Å². The molecule has 0 aromatic heterocycles. The number of carbonyl (C=O) groups excluding carboxylic acids is 1. The molecule has 0 radical (unpaired) electrons. The molecule has 0 fully saturated rings. The van der Waals surface area contributed by atoms with Gasteiger partial charge in [0.15, 0.2) is 0 Å². The van der Waals surface area contributed by atoms with Crippen LogP contribution >= 0.6 is 0 Å². The summed E-state index contributed by atoms with van der Waals surface area (Å²) >= 11 is 0. The first-order valence-corrected chi connectivity index (χ1v) is 6.64. The lowest BCUT2D eigenvalue weighted by atomic mass is 10.0. The van der Waals surface area contributed by atoms with Crippen molar-refractivity contribution in [2.45, 2.75) is 19.6 Å². The van der Waals surface area contributed by atoms with E-state index in [4.69, 9.17) is 0 Å². The van der Waals surface area contributed by atoms with Crippen LogP contribution in [0.25, 0.3) is 11.1 Å². The highest BCUT2D eigenvalue weighted by Crippen LogP contribution is 2.22. The Morgan fingerprint density at radius 2 is 1.55 bits per heavy atom. The number of nitrogens with one attached hydrogen (secondary N) is 1. The maximum Gasteiger partial charge on any atom is 0.134 e. The van der Waals surface area contributed by atoms with Gasteiger partial charge in [0.1, 0.15) is 12.0 Å². The molecule has 20 heavy (non-hydrogen) atoms. The van der Waals surface area contributed by atoms with E-state index in [-0.39, 0.29) is 5.78 Å². The Bertz CT molecular complexity index is 573. The van der Waals surface area contributed by atoms with Crippen molar-refractivity contribution in [3.05, 3.63) is 59.7 Å². The van der Waals surface area contributed by atoms with Crippen molar-refractivity contribution >= 4 is 5.78 Å². The van der Waals surface area contributed by atoms with Crippen LogP contribution in [0.3, 0.4) is 0 Å². The molecule has 0 aliphatic rings. The van der Waals surface area contributed by atoms with Gasteiger partial charge in [-0.15, -0.1) is 0 Å². The fourth-order valence-electron chi connectivity index (χ4n) is 2.13. The summed E-state index contributed by atoms with van der Waals surface area (Å²) in [4.78, 5) is 11.1. The van der Waals surface area contributed by atoms with Crippen molar-refractivity contribution in [2.24, 2.45) is 0 Å². The minimum Gasteiger partial charge on any atom is -0.374 e. The maximum atomic E-state index is 11.1. The highest BCUT2D eigenvalue weighted by atomic mass is 16.3. The molecule has 0 amide bonds. The van der Waals surface area contributed by atoms with Crippen LogP contribution < -0.4 is 5.32 Å². The Labute approximate surface area is 119 Å². The van der Waals surface area contributed by atoms with Gasteiger partial charge in [-0.2, -0.15) is 0 Å². The predicted octanol–water partition coefficient (Wildman–Crippen LogP) is 2.70. The Hall–Kier alpha value is -1.97.